The number of benzene rings is 1. The van der Waals surface area contributed by atoms with E-state index in [1.165, 1.54) is 32.6 Å². The normalized spacial score (nSPS) is 15.5. The van der Waals surface area contributed by atoms with Crippen LogP contribution in [0.2, 0.25) is 5.02 Å². The lowest BCUT2D eigenvalue weighted by Gasteiger charge is -2.15. The molecule has 1 fully saturated rings. The number of anilines is 1. The van der Waals surface area contributed by atoms with Gasteiger partial charge in [0.25, 0.3) is 0 Å². The van der Waals surface area contributed by atoms with Crippen molar-refractivity contribution >= 4 is 29.3 Å². The molecule has 0 saturated heterocycles. The minimum absolute atomic E-state index is 0.0630. The summed E-state index contributed by atoms with van der Waals surface area (Å²) in [6.45, 7) is 3.38. The van der Waals surface area contributed by atoms with Crippen molar-refractivity contribution in [3.63, 3.8) is 0 Å². The maximum atomic E-state index is 11.0. The van der Waals surface area contributed by atoms with E-state index >= 15 is 0 Å². The third kappa shape index (κ3) is 5.96. The summed E-state index contributed by atoms with van der Waals surface area (Å²) in [5.41, 5.74) is 1.74. The lowest BCUT2D eigenvalue weighted by Crippen LogP contribution is -2.28. The summed E-state index contributed by atoms with van der Waals surface area (Å²) in [4.78, 5) is 19.5. The van der Waals surface area contributed by atoms with Crippen LogP contribution >= 0.6 is 11.6 Å². The minimum Gasteiger partial charge on any atom is -0.424 e. The Kier molecular flexibility index (Phi) is 6.87. The molecule has 28 heavy (non-hydrogen) atoms. The van der Waals surface area contributed by atoms with E-state index in [1.54, 1.807) is 18.5 Å². The van der Waals surface area contributed by atoms with Crippen LogP contribution in [-0.2, 0) is 4.79 Å². The van der Waals surface area contributed by atoms with Gasteiger partial charge in [-0.2, -0.15) is 0 Å². The fourth-order valence-electron chi connectivity index (χ4n) is 3.16. The molecule has 1 aromatic carbocycles. The van der Waals surface area contributed by atoms with Crippen molar-refractivity contribution in [1.82, 2.24) is 15.3 Å². The van der Waals surface area contributed by atoms with Gasteiger partial charge in [0.05, 0.1) is 10.7 Å². The molecular formula is C21H25ClN4O2. The van der Waals surface area contributed by atoms with Gasteiger partial charge in [-0.3, -0.25) is 4.79 Å². The van der Waals surface area contributed by atoms with E-state index in [9.17, 15) is 4.79 Å². The van der Waals surface area contributed by atoms with E-state index in [-0.39, 0.29) is 18.0 Å². The van der Waals surface area contributed by atoms with Gasteiger partial charge in [0.15, 0.2) is 0 Å². The zero-order valence-electron chi connectivity index (χ0n) is 16.1. The third-order valence-electron chi connectivity index (χ3n) is 4.52. The Morgan fingerprint density at radius 2 is 2.00 bits per heavy atom. The van der Waals surface area contributed by atoms with Crippen molar-refractivity contribution in [3.8, 4) is 11.8 Å². The monoisotopic (exact) mass is 400 g/mol. The Hall–Kier alpha value is -2.60. The molecule has 0 aliphatic heterocycles. The second-order valence-electron chi connectivity index (χ2n) is 7.02. The van der Waals surface area contributed by atoms with Crippen LogP contribution in [0.15, 0.2) is 36.7 Å². The Bertz CT molecular complexity index is 833. The molecule has 0 spiro atoms. The maximum Gasteiger partial charge on any atom is 0.321 e. The number of halogens is 1. The molecule has 6 nitrogen and oxygen atoms in total. The predicted octanol–water partition coefficient (Wildman–Crippen LogP) is 4.81. The smallest absolute Gasteiger partial charge is 0.321 e. The van der Waals surface area contributed by atoms with Gasteiger partial charge in [0.2, 0.25) is 5.91 Å². The fraction of sp³-hybridized carbons (Fsp3) is 0.381. The van der Waals surface area contributed by atoms with Gasteiger partial charge in [-0.1, -0.05) is 36.6 Å². The molecule has 1 atom stereocenters. The molecule has 2 N–H and O–H groups in total. The first-order valence-corrected chi connectivity index (χ1v) is 9.88. The zero-order valence-corrected chi connectivity index (χ0v) is 16.9. The van der Waals surface area contributed by atoms with Crippen LogP contribution < -0.4 is 15.4 Å². The van der Waals surface area contributed by atoms with Gasteiger partial charge in [0, 0.05) is 43.0 Å². The van der Waals surface area contributed by atoms with Gasteiger partial charge in [-0.25, -0.2) is 9.97 Å². The molecule has 2 aromatic rings. The number of amides is 1. The number of carbonyl (C=O) groups excluding carboxylic acids is 1. The number of aromatic nitrogens is 2. The molecule has 1 aliphatic carbocycles. The Morgan fingerprint density at radius 1 is 1.29 bits per heavy atom. The number of hydrogen-bond acceptors (Lipinski definition) is 5. The van der Waals surface area contributed by atoms with Crippen LogP contribution in [-0.4, -0.2) is 28.0 Å². The predicted molar refractivity (Wildman–Crippen MR) is 112 cm³/mol. The summed E-state index contributed by atoms with van der Waals surface area (Å²) < 4.78 is 5.70. The van der Waals surface area contributed by atoms with E-state index in [2.05, 4.69) is 20.6 Å². The SMILES string of the molecule is CC(=O)N[C@@H](C)/C=C/c1cnc(Oc2ccc(NC3CCCC3)c(Cl)c2)nc1. The van der Waals surface area contributed by atoms with Gasteiger partial charge in [-0.15, -0.1) is 0 Å². The first-order chi connectivity index (χ1) is 13.5. The molecule has 1 aromatic heterocycles. The van der Waals surface area contributed by atoms with E-state index in [1.807, 2.05) is 31.2 Å². The Balaban J connectivity index is 1.58. The molecule has 148 valence electrons. The first-order valence-electron chi connectivity index (χ1n) is 9.51. The highest BCUT2D eigenvalue weighted by Gasteiger charge is 2.16. The van der Waals surface area contributed by atoms with Crippen LogP contribution in [0, 0.1) is 0 Å². The summed E-state index contributed by atoms with van der Waals surface area (Å²) in [7, 11) is 0. The standard InChI is InChI=1S/C21H25ClN4O2/c1-14(25-15(2)27)7-8-16-12-23-21(24-13-16)28-18-9-10-20(19(22)11-18)26-17-5-3-4-6-17/h7-14,17,26H,3-6H2,1-2H3,(H,25,27)/b8-7+/t14-/m0/s1. The molecule has 1 aliphatic rings. The van der Waals surface area contributed by atoms with Crippen molar-refractivity contribution in [2.75, 3.05) is 5.32 Å². The Labute approximate surface area is 170 Å². The molecule has 0 radical (unpaired) electrons. The zero-order chi connectivity index (χ0) is 19.9. The quantitative estimate of drug-likeness (QED) is 0.697. The summed E-state index contributed by atoms with van der Waals surface area (Å²) in [5, 5.41) is 6.89. The summed E-state index contributed by atoms with van der Waals surface area (Å²) in [6, 6.07) is 6.24. The number of ether oxygens (including phenoxy) is 1. The lowest BCUT2D eigenvalue weighted by molar-refractivity contribution is -0.119. The highest BCUT2D eigenvalue weighted by Crippen LogP contribution is 2.31. The van der Waals surface area contributed by atoms with Crippen molar-refractivity contribution in [2.24, 2.45) is 0 Å². The minimum atomic E-state index is -0.0692. The number of hydrogen-bond donors (Lipinski definition) is 2. The molecule has 1 amide bonds. The van der Waals surface area contributed by atoms with Gasteiger partial charge in [0.1, 0.15) is 5.75 Å². The summed E-state index contributed by atoms with van der Waals surface area (Å²) in [5.74, 6) is 0.518. The van der Waals surface area contributed by atoms with E-state index in [4.69, 9.17) is 16.3 Å². The van der Waals surface area contributed by atoms with Gasteiger partial charge < -0.3 is 15.4 Å². The van der Waals surface area contributed by atoms with Crippen molar-refractivity contribution in [2.45, 2.75) is 51.6 Å². The number of nitrogens with one attached hydrogen (secondary N) is 2. The molecular weight excluding hydrogens is 376 g/mol. The third-order valence-corrected chi connectivity index (χ3v) is 4.83. The number of nitrogens with zero attached hydrogens (tertiary/aromatic N) is 2. The van der Waals surface area contributed by atoms with E-state index in [0.717, 1.165) is 11.3 Å². The topological polar surface area (TPSA) is 76.1 Å². The van der Waals surface area contributed by atoms with E-state index < -0.39 is 0 Å². The second-order valence-corrected chi connectivity index (χ2v) is 7.42. The van der Waals surface area contributed by atoms with Crippen molar-refractivity contribution in [3.05, 3.63) is 47.3 Å². The highest BCUT2D eigenvalue weighted by atomic mass is 35.5. The molecule has 7 heteroatoms. The first kappa shape index (κ1) is 20.1. The summed E-state index contributed by atoms with van der Waals surface area (Å²) >= 11 is 6.38. The fourth-order valence-corrected chi connectivity index (χ4v) is 3.39. The number of rotatable bonds is 7. The van der Waals surface area contributed by atoms with Crippen molar-refractivity contribution < 1.29 is 9.53 Å². The van der Waals surface area contributed by atoms with Crippen LogP contribution in [0.25, 0.3) is 6.08 Å². The van der Waals surface area contributed by atoms with Crippen LogP contribution in [0.4, 0.5) is 5.69 Å². The molecule has 0 unspecified atom stereocenters. The van der Waals surface area contributed by atoms with Gasteiger partial charge >= 0.3 is 6.01 Å². The molecule has 1 saturated carbocycles. The molecule has 3 rings (SSSR count). The van der Waals surface area contributed by atoms with E-state index in [0.29, 0.717) is 16.8 Å². The van der Waals surface area contributed by atoms with Crippen LogP contribution in [0.3, 0.4) is 0 Å². The van der Waals surface area contributed by atoms with Crippen LogP contribution in [0.5, 0.6) is 11.8 Å². The van der Waals surface area contributed by atoms with Gasteiger partial charge in [-0.05, 0) is 31.9 Å². The average Bonchev–Trinajstić information content (AvgIpc) is 3.16. The average molecular weight is 401 g/mol. The summed E-state index contributed by atoms with van der Waals surface area (Å²) in [6.07, 6.45) is 12.0. The number of carbonyl (C=O) groups is 1. The highest BCUT2D eigenvalue weighted by molar-refractivity contribution is 6.33. The van der Waals surface area contributed by atoms with Crippen molar-refractivity contribution in [1.29, 1.82) is 0 Å². The Morgan fingerprint density at radius 3 is 2.64 bits per heavy atom. The maximum absolute atomic E-state index is 11.0. The molecule has 0 bridgehead atoms. The lowest BCUT2D eigenvalue weighted by atomic mass is 10.2. The largest absolute Gasteiger partial charge is 0.424 e. The van der Waals surface area contributed by atoms with Crippen LogP contribution in [0.1, 0.15) is 45.1 Å². The molecule has 1 heterocycles. The second kappa shape index (κ2) is 9.55.